The van der Waals surface area contributed by atoms with E-state index in [1.54, 1.807) is 0 Å². The Labute approximate surface area is 101 Å². The van der Waals surface area contributed by atoms with E-state index >= 15 is 0 Å². The van der Waals surface area contributed by atoms with E-state index in [1.807, 2.05) is 0 Å². The standard InChI is InChI=1S/C13H29N3/c1-12(2)9-14-6-8-16(4)11-13-5-7-15(3)10-13/h12-14H,5-11H2,1-4H3. The Balaban J connectivity index is 2.00. The van der Waals surface area contributed by atoms with Crippen LogP contribution in [0.15, 0.2) is 0 Å². The van der Waals surface area contributed by atoms with Gasteiger partial charge in [-0.1, -0.05) is 13.8 Å². The van der Waals surface area contributed by atoms with Crippen LogP contribution in [0.3, 0.4) is 0 Å². The molecule has 0 saturated carbocycles. The van der Waals surface area contributed by atoms with Gasteiger partial charge in [0, 0.05) is 26.2 Å². The van der Waals surface area contributed by atoms with Crippen LogP contribution in [0.5, 0.6) is 0 Å². The molecule has 0 amide bonds. The van der Waals surface area contributed by atoms with Gasteiger partial charge in [0.15, 0.2) is 0 Å². The number of hydrogen-bond acceptors (Lipinski definition) is 3. The normalized spacial score (nSPS) is 22.5. The fourth-order valence-electron chi connectivity index (χ4n) is 2.37. The van der Waals surface area contributed by atoms with Gasteiger partial charge >= 0.3 is 0 Å². The van der Waals surface area contributed by atoms with Gasteiger partial charge in [0.25, 0.3) is 0 Å². The van der Waals surface area contributed by atoms with Crippen molar-refractivity contribution in [1.29, 1.82) is 0 Å². The molecule has 0 aliphatic carbocycles. The van der Waals surface area contributed by atoms with Crippen molar-refractivity contribution in [1.82, 2.24) is 15.1 Å². The zero-order chi connectivity index (χ0) is 12.0. The number of hydrogen-bond donors (Lipinski definition) is 1. The van der Waals surface area contributed by atoms with Crippen LogP contribution >= 0.6 is 0 Å². The van der Waals surface area contributed by atoms with Crippen LogP contribution in [0.25, 0.3) is 0 Å². The second-order valence-electron chi connectivity index (χ2n) is 5.78. The van der Waals surface area contributed by atoms with Crippen LogP contribution in [-0.4, -0.2) is 63.2 Å². The second kappa shape index (κ2) is 7.25. The first-order valence-corrected chi connectivity index (χ1v) is 6.65. The van der Waals surface area contributed by atoms with Crippen molar-refractivity contribution in [3.63, 3.8) is 0 Å². The molecule has 0 spiro atoms. The molecule has 0 radical (unpaired) electrons. The summed E-state index contributed by atoms with van der Waals surface area (Å²) in [6.45, 7) is 11.8. The number of nitrogens with zero attached hydrogens (tertiary/aromatic N) is 2. The summed E-state index contributed by atoms with van der Waals surface area (Å²) in [6, 6.07) is 0. The Kier molecular flexibility index (Phi) is 6.32. The third-order valence-corrected chi connectivity index (χ3v) is 3.28. The lowest BCUT2D eigenvalue weighted by Gasteiger charge is -2.21. The third-order valence-electron chi connectivity index (χ3n) is 3.28. The highest BCUT2D eigenvalue weighted by Crippen LogP contribution is 2.14. The van der Waals surface area contributed by atoms with Gasteiger partial charge in [-0.25, -0.2) is 0 Å². The molecule has 1 aliphatic rings. The van der Waals surface area contributed by atoms with Gasteiger partial charge in [-0.15, -0.1) is 0 Å². The van der Waals surface area contributed by atoms with Crippen molar-refractivity contribution in [2.75, 3.05) is 53.4 Å². The minimum atomic E-state index is 0.758. The average Bonchev–Trinajstić information content (AvgIpc) is 2.58. The summed E-state index contributed by atoms with van der Waals surface area (Å²) in [7, 11) is 4.47. The fourth-order valence-corrected chi connectivity index (χ4v) is 2.37. The van der Waals surface area contributed by atoms with Crippen molar-refractivity contribution in [2.45, 2.75) is 20.3 Å². The minimum Gasteiger partial charge on any atom is -0.315 e. The van der Waals surface area contributed by atoms with Crippen LogP contribution in [0.1, 0.15) is 20.3 Å². The lowest BCUT2D eigenvalue weighted by atomic mass is 10.1. The zero-order valence-corrected chi connectivity index (χ0v) is 11.5. The fraction of sp³-hybridized carbons (Fsp3) is 1.00. The van der Waals surface area contributed by atoms with E-state index in [-0.39, 0.29) is 0 Å². The Morgan fingerprint density at radius 2 is 2.19 bits per heavy atom. The first-order valence-electron chi connectivity index (χ1n) is 6.65. The zero-order valence-electron chi connectivity index (χ0n) is 11.5. The highest BCUT2D eigenvalue weighted by atomic mass is 15.2. The Morgan fingerprint density at radius 3 is 2.75 bits per heavy atom. The molecule has 1 fully saturated rings. The molecule has 1 saturated heterocycles. The molecule has 0 bridgehead atoms. The second-order valence-corrected chi connectivity index (χ2v) is 5.78. The number of rotatable bonds is 7. The van der Waals surface area contributed by atoms with Crippen LogP contribution in [0.4, 0.5) is 0 Å². The van der Waals surface area contributed by atoms with Crippen molar-refractivity contribution in [2.24, 2.45) is 11.8 Å². The molecular formula is C13H29N3. The van der Waals surface area contributed by atoms with Crippen LogP contribution < -0.4 is 5.32 Å². The van der Waals surface area contributed by atoms with Crippen molar-refractivity contribution in [3.05, 3.63) is 0 Å². The summed E-state index contributed by atoms with van der Waals surface area (Å²) in [6.07, 6.45) is 1.38. The molecule has 1 atom stereocenters. The number of nitrogens with one attached hydrogen (secondary N) is 1. The first-order chi connectivity index (χ1) is 7.58. The van der Waals surface area contributed by atoms with Crippen LogP contribution in [-0.2, 0) is 0 Å². The Hall–Kier alpha value is -0.120. The van der Waals surface area contributed by atoms with Gasteiger partial charge in [0.2, 0.25) is 0 Å². The van der Waals surface area contributed by atoms with E-state index in [0.29, 0.717) is 0 Å². The molecule has 1 N–H and O–H groups in total. The van der Waals surface area contributed by atoms with Crippen LogP contribution in [0, 0.1) is 11.8 Å². The summed E-state index contributed by atoms with van der Waals surface area (Å²) >= 11 is 0. The van der Waals surface area contributed by atoms with Crippen molar-refractivity contribution in [3.8, 4) is 0 Å². The molecule has 0 aromatic rings. The minimum absolute atomic E-state index is 0.758. The number of likely N-dealkylation sites (tertiary alicyclic amines) is 1. The summed E-state index contributed by atoms with van der Waals surface area (Å²) in [5.74, 6) is 1.65. The predicted octanol–water partition coefficient (Wildman–Crippen LogP) is 1.12. The van der Waals surface area contributed by atoms with Crippen molar-refractivity contribution >= 4 is 0 Å². The first kappa shape index (κ1) is 13.9. The Bertz CT molecular complexity index is 182. The average molecular weight is 227 g/mol. The topological polar surface area (TPSA) is 18.5 Å². The van der Waals surface area contributed by atoms with E-state index in [4.69, 9.17) is 0 Å². The van der Waals surface area contributed by atoms with Gasteiger partial charge in [-0.05, 0) is 45.4 Å². The third kappa shape index (κ3) is 5.83. The van der Waals surface area contributed by atoms with E-state index in [2.05, 4.69) is 43.1 Å². The van der Waals surface area contributed by atoms with Crippen molar-refractivity contribution < 1.29 is 0 Å². The molecule has 1 rings (SSSR count). The largest absolute Gasteiger partial charge is 0.315 e. The molecule has 3 heteroatoms. The lowest BCUT2D eigenvalue weighted by Crippen LogP contribution is -2.34. The number of likely N-dealkylation sites (N-methyl/N-ethyl adjacent to an activating group) is 1. The molecule has 1 heterocycles. The molecule has 16 heavy (non-hydrogen) atoms. The van der Waals surface area contributed by atoms with Gasteiger partial charge in [-0.3, -0.25) is 0 Å². The summed E-state index contributed by atoms with van der Waals surface area (Å²) in [5, 5.41) is 3.50. The monoisotopic (exact) mass is 227 g/mol. The van der Waals surface area contributed by atoms with Gasteiger partial charge in [0.05, 0.1) is 0 Å². The van der Waals surface area contributed by atoms with E-state index in [0.717, 1.165) is 24.9 Å². The quantitative estimate of drug-likeness (QED) is 0.658. The molecule has 96 valence electrons. The molecule has 0 aromatic carbocycles. The molecule has 1 unspecified atom stereocenters. The smallest absolute Gasteiger partial charge is 0.0104 e. The van der Waals surface area contributed by atoms with Gasteiger partial charge in [0.1, 0.15) is 0 Å². The maximum atomic E-state index is 3.50. The van der Waals surface area contributed by atoms with Gasteiger partial charge < -0.3 is 15.1 Å². The molecular weight excluding hydrogens is 198 g/mol. The van der Waals surface area contributed by atoms with Gasteiger partial charge in [-0.2, -0.15) is 0 Å². The summed E-state index contributed by atoms with van der Waals surface area (Å²) < 4.78 is 0. The van der Waals surface area contributed by atoms with E-state index in [9.17, 15) is 0 Å². The van der Waals surface area contributed by atoms with E-state index in [1.165, 1.54) is 32.6 Å². The molecule has 1 aliphatic heterocycles. The SMILES string of the molecule is CC(C)CNCCN(C)CC1CCN(C)C1. The Morgan fingerprint density at radius 1 is 1.44 bits per heavy atom. The van der Waals surface area contributed by atoms with Crippen LogP contribution in [0.2, 0.25) is 0 Å². The highest BCUT2D eigenvalue weighted by molar-refractivity contribution is 4.75. The molecule has 3 nitrogen and oxygen atoms in total. The summed E-state index contributed by atoms with van der Waals surface area (Å²) in [4.78, 5) is 4.91. The predicted molar refractivity (Wildman–Crippen MR) is 70.8 cm³/mol. The summed E-state index contributed by atoms with van der Waals surface area (Å²) in [5.41, 5.74) is 0. The lowest BCUT2D eigenvalue weighted by molar-refractivity contribution is 0.272. The highest BCUT2D eigenvalue weighted by Gasteiger charge is 2.20. The van der Waals surface area contributed by atoms with E-state index < -0.39 is 0 Å². The maximum Gasteiger partial charge on any atom is 0.0104 e. The molecule has 0 aromatic heterocycles. The maximum absolute atomic E-state index is 3.50.